The molecule has 0 bridgehead atoms. The summed E-state index contributed by atoms with van der Waals surface area (Å²) in [5.41, 5.74) is 0.884. The maximum atomic E-state index is 12.0. The van der Waals surface area contributed by atoms with E-state index in [-0.39, 0.29) is 6.03 Å². The first-order valence-corrected chi connectivity index (χ1v) is 6.62. The molecular formula is C14H21N3O2. The van der Waals surface area contributed by atoms with Gasteiger partial charge in [0.2, 0.25) is 0 Å². The molecule has 5 heteroatoms. The number of benzene rings is 1. The summed E-state index contributed by atoms with van der Waals surface area (Å²) in [6, 6.07) is 9.51. The number of nitrogens with one attached hydrogen (secondary N) is 2. The van der Waals surface area contributed by atoms with Crippen LogP contribution in [0, 0.1) is 5.92 Å². The lowest BCUT2D eigenvalue weighted by molar-refractivity contribution is 0.123. The molecule has 0 unspecified atom stereocenters. The van der Waals surface area contributed by atoms with Gasteiger partial charge in [-0.25, -0.2) is 4.79 Å². The summed E-state index contributed by atoms with van der Waals surface area (Å²) in [5.74, 6) is 0.329. The van der Waals surface area contributed by atoms with Gasteiger partial charge in [0.25, 0.3) is 0 Å². The van der Waals surface area contributed by atoms with Crippen molar-refractivity contribution in [2.75, 3.05) is 44.8 Å². The number of carbonyl (C=O) groups is 1. The Balaban J connectivity index is 1.80. The first kappa shape index (κ1) is 13.8. The third-order valence-corrected chi connectivity index (χ3v) is 3.20. The van der Waals surface area contributed by atoms with Gasteiger partial charge in [-0.15, -0.1) is 0 Å². The smallest absolute Gasteiger partial charge is 0.321 e. The maximum absolute atomic E-state index is 12.0. The second kappa shape index (κ2) is 7.11. The highest BCUT2D eigenvalue weighted by molar-refractivity contribution is 5.91. The zero-order valence-corrected chi connectivity index (χ0v) is 11.3. The Morgan fingerprint density at radius 1 is 1.47 bits per heavy atom. The van der Waals surface area contributed by atoms with E-state index in [0.717, 1.165) is 25.4 Å². The minimum absolute atomic E-state index is 0.0875. The average molecular weight is 263 g/mol. The quantitative estimate of drug-likeness (QED) is 0.857. The van der Waals surface area contributed by atoms with E-state index in [4.69, 9.17) is 4.74 Å². The van der Waals surface area contributed by atoms with Gasteiger partial charge in [0.05, 0.1) is 13.2 Å². The minimum atomic E-state index is -0.0875. The molecule has 1 fully saturated rings. The van der Waals surface area contributed by atoms with Crippen LogP contribution in [0.5, 0.6) is 0 Å². The number of hydrogen-bond acceptors (Lipinski definition) is 3. The van der Waals surface area contributed by atoms with Crippen molar-refractivity contribution in [1.29, 1.82) is 0 Å². The number of rotatable bonds is 3. The van der Waals surface area contributed by atoms with Gasteiger partial charge in [-0.1, -0.05) is 18.2 Å². The van der Waals surface area contributed by atoms with Gasteiger partial charge in [0.15, 0.2) is 0 Å². The topological polar surface area (TPSA) is 53.6 Å². The average Bonchev–Trinajstić information content (AvgIpc) is 2.73. The molecule has 1 aromatic carbocycles. The predicted octanol–water partition coefficient (Wildman–Crippen LogP) is 1.07. The van der Waals surface area contributed by atoms with Crippen LogP contribution >= 0.6 is 0 Å². The molecule has 0 aromatic heterocycles. The van der Waals surface area contributed by atoms with Gasteiger partial charge < -0.3 is 15.4 Å². The number of anilines is 1. The Morgan fingerprint density at radius 2 is 2.26 bits per heavy atom. The van der Waals surface area contributed by atoms with Crippen molar-refractivity contribution in [2.45, 2.75) is 0 Å². The van der Waals surface area contributed by atoms with Crippen LogP contribution in [-0.4, -0.2) is 45.9 Å². The molecule has 2 rings (SSSR count). The molecule has 2 amide bonds. The molecule has 1 heterocycles. The largest absolute Gasteiger partial charge is 0.380 e. The molecule has 1 saturated heterocycles. The molecule has 0 spiro atoms. The van der Waals surface area contributed by atoms with Crippen LogP contribution in [0.25, 0.3) is 0 Å². The standard InChI is InChI=1S/C14H21N3O2/c1-17(13-5-3-2-4-6-13)14(18)16-10-12-9-15-7-8-19-11-12/h2-6,12,15H,7-11H2,1H3,(H,16,18)/t12-/m1/s1. The normalized spacial score (nSPS) is 19.5. The van der Waals surface area contributed by atoms with Gasteiger partial charge in [0, 0.05) is 38.3 Å². The van der Waals surface area contributed by atoms with Gasteiger partial charge in [-0.3, -0.25) is 4.90 Å². The molecule has 0 saturated carbocycles. The van der Waals surface area contributed by atoms with Crippen molar-refractivity contribution in [1.82, 2.24) is 10.6 Å². The van der Waals surface area contributed by atoms with Crippen molar-refractivity contribution < 1.29 is 9.53 Å². The predicted molar refractivity (Wildman–Crippen MR) is 75.4 cm³/mol. The highest BCUT2D eigenvalue weighted by Crippen LogP contribution is 2.10. The van der Waals surface area contributed by atoms with E-state index >= 15 is 0 Å². The fraction of sp³-hybridized carbons (Fsp3) is 0.500. The maximum Gasteiger partial charge on any atom is 0.321 e. The summed E-state index contributed by atoms with van der Waals surface area (Å²) in [6.45, 7) is 3.84. The molecule has 0 radical (unpaired) electrons. The summed E-state index contributed by atoms with van der Waals surface area (Å²) in [6.07, 6.45) is 0. The third kappa shape index (κ3) is 4.22. The molecule has 1 aliphatic heterocycles. The van der Waals surface area contributed by atoms with Crippen LogP contribution < -0.4 is 15.5 Å². The summed E-state index contributed by atoms with van der Waals surface area (Å²) in [5, 5.41) is 6.24. The van der Waals surface area contributed by atoms with E-state index in [9.17, 15) is 4.79 Å². The van der Waals surface area contributed by atoms with Gasteiger partial charge >= 0.3 is 6.03 Å². The Morgan fingerprint density at radius 3 is 3.05 bits per heavy atom. The molecule has 0 aliphatic carbocycles. The highest BCUT2D eigenvalue weighted by Gasteiger charge is 2.15. The molecule has 19 heavy (non-hydrogen) atoms. The van der Waals surface area contributed by atoms with Gasteiger partial charge in [0.1, 0.15) is 0 Å². The fourth-order valence-corrected chi connectivity index (χ4v) is 2.01. The first-order chi connectivity index (χ1) is 9.27. The molecule has 1 aromatic rings. The lowest BCUT2D eigenvalue weighted by atomic mass is 10.1. The van der Waals surface area contributed by atoms with Crippen molar-refractivity contribution in [3.05, 3.63) is 30.3 Å². The number of nitrogens with zero attached hydrogens (tertiary/aromatic N) is 1. The number of para-hydroxylation sites is 1. The van der Waals surface area contributed by atoms with Crippen LogP contribution in [-0.2, 0) is 4.74 Å². The highest BCUT2D eigenvalue weighted by atomic mass is 16.5. The van der Waals surface area contributed by atoms with Gasteiger partial charge in [-0.2, -0.15) is 0 Å². The molecule has 2 N–H and O–H groups in total. The number of urea groups is 1. The van der Waals surface area contributed by atoms with Crippen molar-refractivity contribution in [3.8, 4) is 0 Å². The zero-order valence-electron chi connectivity index (χ0n) is 11.3. The van der Waals surface area contributed by atoms with E-state index in [1.165, 1.54) is 0 Å². The first-order valence-electron chi connectivity index (χ1n) is 6.62. The Labute approximate surface area is 113 Å². The lowest BCUT2D eigenvalue weighted by Gasteiger charge is -2.20. The van der Waals surface area contributed by atoms with Crippen LogP contribution in [0.15, 0.2) is 30.3 Å². The molecular weight excluding hydrogens is 242 g/mol. The fourth-order valence-electron chi connectivity index (χ4n) is 2.01. The molecule has 1 atom stereocenters. The van der Waals surface area contributed by atoms with Crippen molar-refractivity contribution in [3.63, 3.8) is 0 Å². The van der Waals surface area contributed by atoms with Crippen LogP contribution in [0.4, 0.5) is 10.5 Å². The van der Waals surface area contributed by atoms with Gasteiger partial charge in [-0.05, 0) is 12.1 Å². The number of carbonyl (C=O) groups excluding carboxylic acids is 1. The van der Waals surface area contributed by atoms with E-state index < -0.39 is 0 Å². The van der Waals surface area contributed by atoms with E-state index in [0.29, 0.717) is 19.1 Å². The summed E-state index contributed by atoms with van der Waals surface area (Å²) < 4.78 is 5.46. The molecule has 5 nitrogen and oxygen atoms in total. The second-order valence-electron chi connectivity index (χ2n) is 4.73. The SMILES string of the molecule is CN(C(=O)NC[C@H]1CNCCOC1)c1ccccc1. The number of ether oxygens (including phenoxy) is 1. The Bertz CT molecular complexity index is 389. The number of amides is 2. The van der Waals surface area contributed by atoms with Crippen LogP contribution in [0.2, 0.25) is 0 Å². The van der Waals surface area contributed by atoms with E-state index in [1.54, 1.807) is 11.9 Å². The van der Waals surface area contributed by atoms with Crippen molar-refractivity contribution in [2.24, 2.45) is 5.92 Å². The zero-order chi connectivity index (χ0) is 13.5. The lowest BCUT2D eigenvalue weighted by Crippen LogP contribution is -2.41. The monoisotopic (exact) mass is 263 g/mol. The summed E-state index contributed by atoms with van der Waals surface area (Å²) in [7, 11) is 1.77. The minimum Gasteiger partial charge on any atom is -0.380 e. The summed E-state index contributed by atoms with van der Waals surface area (Å²) in [4.78, 5) is 13.6. The molecule has 104 valence electrons. The van der Waals surface area contributed by atoms with E-state index in [1.807, 2.05) is 30.3 Å². The Kier molecular flexibility index (Phi) is 5.18. The Hall–Kier alpha value is -1.59. The third-order valence-electron chi connectivity index (χ3n) is 3.20. The van der Waals surface area contributed by atoms with Crippen LogP contribution in [0.3, 0.4) is 0 Å². The second-order valence-corrected chi connectivity index (χ2v) is 4.73. The summed E-state index contributed by atoms with van der Waals surface area (Å²) >= 11 is 0. The van der Waals surface area contributed by atoms with E-state index in [2.05, 4.69) is 10.6 Å². The molecule has 1 aliphatic rings. The van der Waals surface area contributed by atoms with Crippen LogP contribution in [0.1, 0.15) is 0 Å². The number of hydrogen-bond donors (Lipinski definition) is 2. The van der Waals surface area contributed by atoms with Crippen molar-refractivity contribution >= 4 is 11.7 Å².